The summed E-state index contributed by atoms with van der Waals surface area (Å²) in [5, 5.41) is 20.2. The minimum absolute atomic E-state index is 1.20. The van der Waals surface area contributed by atoms with Crippen LogP contribution in [0.5, 0.6) is 0 Å². The molecule has 0 unspecified atom stereocenters. The van der Waals surface area contributed by atoms with E-state index in [1.165, 1.54) is 142 Å². The quantitative estimate of drug-likeness (QED) is 0.151. The minimum Gasteiger partial charge on any atom is -0.0616 e. The van der Waals surface area contributed by atoms with Crippen LogP contribution in [0.2, 0.25) is 0 Å². The topological polar surface area (TPSA) is 0 Å². The van der Waals surface area contributed by atoms with Gasteiger partial charge in [-0.05, 0) is 190 Å². The molecule has 14 aromatic rings. The predicted octanol–water partition coefficient (Wildman–Crippen LogP) is 19.2. The number of benzene rings is 14. The molecule has 0 fully saturated rings. The van der Waals surface area contributed by atoms with E-state index in [4.69, 9.17) is 0 Å². The van der Waals surface area contributed by atoms with E-state index in [0.29, 0.717) is 0 Å². The lowest BCUT2D eigenvalue weighted by Gasteiger charge is -2.17. The molecule has 0 bridgehead atoms. The fourth-order valence-corrected chi connectivity index (χ4v) is 11.3. The molecule has 0 aromatic heterocycles. The lowest BCUT2D eigenvalue weighted by molar-refractivity contribution is 1.62. The van der Waals surface area contributed by atoms with Gasteiger partial charge in [0, 0.05) is 0 Å². The Kier molecular flexibility index (Phi) is 8.69. The van der Waals surface area contributed by atoms with E-state index in [2.05, 4.69) is 255 Å². The SMILES string of the molecule is c1cc(-c2ccc3c(c2)cc(-c2cc4ccccc4c4ccccc24)c2cc(-c4cccc(-c5cc6ccccc6c6ccccc56)c4)ccc23)cc(-c2cc3ccccc3c3ccccc23)c1. The van der Waals surface area contributed by atoms with Crippen LogP contribution in [0, 0.1) is 0 Å². The molecule has 314 valence electrons. The van der Waals surface area contributed by atoms with Crippen molar-refractivity contribution in [2.24, 2.45) is 0 Å². The van der Waals surface area contributed by atoms with Crippen molar-refractivity contribution in [2.45, 2.75) is 0 Å². The van der Waals surface area contributed by atoms with E-state index in [-0.39, 0.29) is 0 Å². The first-order chi connectivity index (χ1) is 33.7. The van der Waals surface area contributed by atoms with Gasteiger partial charge in [0.15, 0.2) is 0 Å². The summed E-state index contributed by atoms with van der Waals surface area (Å²) in [5.74, 6) is 0. The fraction of sp³-hybridized carbons (Fsp3) is 0. The first kappa shape index (κ1) is 38.4. The second kappa shape index (κ2) is 15.4. The predicted molar refractivity (Wildman–Crippen MR) is 294 cm³/mol. The third-order valence-electron chi connectivity index (χ3n) is 14.6. The first-order valence-corrected chi connectivity index (χ1v) is 23.6. The molecule has 0 N–H and O–H groups in total. The zero-order valence-corrected chi connectivity index (χ0v) is 37.2. The Bertz CT molecular complexity index is 4380. The number of rotatable bonds is 5. The van der Waals surface area contributed by atoms with Crippen LogP contribution in [0.25, 0.3) is 142 Å². The van der Waals surface area contributed by atoms with Crippen molar-refractivity contribution in [3.63, 3.8) is 0 Å². The van der Waals surface area contributed by atoms with E-state index in [9.17, 15) is 0 Å². The first-order valence-electron chi connectivity index (χ1n) is 23.6. The Hall–Kier alpha value is -8.84. The van der Waals surface area contributed by atoms with Gasteiger partial charge in [0.2, 0.25) is 0 Å². The number of fused-ring (bicyclic) bond motifs is 12. The van der Waals surface area contributed by atoms with Crippen molar-refractivity contribution in [1.82, 2.24) is 0 Å². The fourth-order valence-electron chi connectivity index (χ4n) is 11.3. The molecule has 0 aliphatic heterocycles. The Morgan fingerprint density at radius 3 is 0.941 bits per heavy atom. The van der Waals surface area contributed by atoms with Gasteiger partial charge >= 0.3 is 0 Å². The van der Waals surface area contributed by atoms with Crippen molar-refractivity contribution in [2.75, 3.05) is 0 Å². The second-order valence-electron chi connectivity index (χ2n) is 18.4. The van der Waals surface area contributed by atoms with Gasteiger partial charge in [-0.1, -0.05) is 206 Å². The van der Waals surface area contributed by atoms with Crippen molar-refractivity contribution < 1.29 is 0 Å². The summed E-state index contributed by atoms with van der Waals surface area (Å²) in [6, 6.07) is 94.9. The van der Waals surface area contributed by atoms with Crippen LogP contribution in [-0.2, 0) is 0 Å². The molecule has 0 spiro atoms. The maximum absolute atomic E-state index is 2.46. The van der Waals surface area contributed by atoms with Crippen molar-refractivity contribution in [1.29, 1.82) is 0 Å². The smallest absolute Gasteiger partial charge is 0.00923 e. The van der Waals surface area contributed by atoms with Crippen molar-refractivity contribution >= 4 is 86.2 Å². The average Bonchev–Trinajstić information content (AvgIpc) is 3.42. The highest BCUT2D eigenvalue weighted by Gasteiger charge is 2.17. The molecule has 68 heavy (non-hydrogen) atoms. The molecule has 0 radical (unpaired) electrons. The van der Waals surface area contributed by atoms with Gasteiger partial charge in [-0.2, -0.15) is 0 Å². The van der Waals surface area contributed by atoms with Crippen LogP contribution in [0.1, 0.15) is 0 Å². The summed E-state index contributed by atoms with van der Waals surface area (Å²) in [6.45, 7) is 0. The van der Waals surface area contributed by atoms with Crippen molar-refractivity contribution in [3.8, 4) is 55.6 Å². The number of hydrogen-bond acceptors (Lipinski definition) is 0. The van der Waals surface area contributed by atoms with E-state index >= 15 is 0 Å². The second-order valence-corrected chi connectivity index (χ2v) is 18.4. The molecule has 0 aliphatic carbocycles. The molecule has 0 aliphatic rings. The highest BCUT2D eigenvalue weighted by atomic mass is 14.2. The van der Waals surface area contributed by atoms with Gasteiger partial charge in [-0.3, -0.25) is 0 Å². The summed E-state index contributed by atoms with van der Waals surface area (Å²) in [6.07, 6.45) is 0. The van der Waals surface area contributed by atoms with Gasteiger partial charge in [0.05, 0.1) is 0 Å². The van der Waals surface area contributed by atoms with Gasteiger partial charge in [-0.15, -0.1) is 0 Å². The highest BCUT2D eigenvalue weighted by molar-refractivity contribution is 6.21. The van der Waals surface area contributed by atoms with Crippen LogP contribution in [0.3, 0.4) is 0 Å². The summed E-state index contributed by atoms with van der Waals surface area (Å²) in [4.78, 5) is 0. The van der Waals surface area contributed by atoms with E-state index in [0.717, 1.165) is 0 Å². The van der Waals surface area contributed by atoms with Gasteiger partial charge in [0.25, 0.3) is 0 Å². The normalized spacial score (nSPS) is 11.8. The largest absolute Gasteiger partial charge is 0.0616 e. The van der Waals surface area contributed by atoms with Crippen LogP contribution < -0.4 is 0 Å². The molecule has 14 aromatic carbocycles. The molecule has 0 amide bonds. The Morgan fingerprint density at radius 1 is 0.132 bits per heavy atom. The highest BCUT2D eigenvalue weighted by Crippen LogP contribution is 2.44. The summed E-state index contributed by atoms with van der Waals surface area (Å²) in [5.41, 5.74) is 12.2. The molecule has 0 nitrogen and oxygen atoms in total. The average molecular weight is 859 g/mol. The zero-order chi connectivity index (χ0) is 44.7. The van der Waals surface area contributed by atoms with Crippen LogP contribution in [-0.4, -0.2) is 0 Å². The lowest BCUT2D eigenvalue weighted by Crippen LogP contribution is -1.90. The van der Waals surface area contributed by atoms with Gasteiger partial charge in [-0.25, -0.2) is 0 Å². The van der Waals surface area contributed by atoms with E-state index in [1.807, 2.05) is 0 Å². The molecule has 0 atom stereocenters. The third kappa shape index (κ3) is 6.15. The number of hydrogen-bond donors (Lipinski definition) is 0. The Morgan fingerprint density at radius 2 is 0.441 bits per heavy atom. The Balaban J connectivity index is 0.963. The van der Waals surface area contributed by atoms with Gasteiger partial charge < -0.3 is 0 Å². The molecular formula is C68H42. The zero-order valence-electron chi connectivity index (χ0n) is 37.2. The molecule has 0 heteroatoms. The van der Waals surface area contributed by atoms with Crippen LogP contribution in [0.15, 0.2) is 255 Å². The molecule has 0 saturated carbocycles. The molecular weight excluding hydrogens is 817 g/mol. The molecule has 0 saturated heterocycles. The monoisotopic (exact) mass is 858 g/mol. The maximum Gasteiger partial charge on any atom is -0.00923 e. The lowest BCUT2D eigenvalue weighted by atomic mass is 9.86. The summed E-state index contributed by atoms with van der Waals surface area (Å²) in [7, 11) is 0. The summed E-state index contributed by atoms with van der Waals surface area (Å²) >= 11 is 0. The maximum atomic E-state index is 2.46. The standard InChI is InChI=1S/C68H42/c1-4-22-53-49(15-1)39-64(60-28-10-7-25-57(53)60)47-20-13-18-43(35-47)45-31-33-56-52(37-45)42-68(67-41-51-17-3-6-24-55(51)59-27-9-12-30-62(59)67)66-38-46(32-34-63(56)66)44-19-14-21-48(36-44)65-40-50-16-2-5-23-54(50)58-26-8-11-29-61(58)65/h1-42H. The minimum atomic E-state index is 1.20. The summed E-state index contributed by atoms with van der Waals surface area (Å²) < 4.78 is 0. The van der Waals surface area contributed by atoms with Crippen LogP contribution in [0.4, 0.5) is 0 Å². The molecule has 0 heterocycles. The molecule has 14 rings (SSSR count). The Labute approximate surface area is 394 Å². The third-order valence-corrected chi connectivity index (χ3v) is 14.6. The van der Waals surface area contributed by atoms with E-state index in [1.54, 1.807) is 0 Å². The van der Waals surface area contributed by atoms with Gasteiger partial charge in [0.1, 0.15) is 0 Å². The van der Waals surface area contributed by atoms with E-state index < -0.39 is 0 Å². The van der Waals surface area contributed by atoms with Crippen molar-refractivity contribution in [3.05, 3.63) is 255 Å². The van der Waals surface area contributed by atoms with Crippen LogP contribution >= 0.6 is 0 Å².